The van der Waals surface area contributed by atoms with Gasteiger partial charge in [0, 0.05) is 6.04 Å². The first-order valence-corrected chi connectivity index (χ1v) is 9.23. The van der Waals surface area contributed by atoms with Crippen LogP contribution in [0, 0.1) is 17.4 Å². The molecule has 1 saturated carbocycles. The van der Waals surface area contributed by atoms with Crippen LogP contribution < -0.4 is 10.6 Å². The molecule has 0 unspecified atom stereocenters. The molecule has 2 N–H and O–H groups in total. The van der Waals surface area contributed by atoms with E-state index in [4.69, 9.17) is 5.26 Å². The summed E-state index contributed by atoms with van der Waals surface area (Å²) in [6, 6.07) is 2.42. The van der Waals surface area contributed by atoms with Crippen molar-refractivity contribution in [2.24, 2.45) is 5.92 Å². The summed E-state index contributed by atoms with van der Waals surface area (Å²) in [4.78, 5) is 9.10. The van der Waals surface area contributed by atoms with E-state index in [1.165, 1.54) is 12.8 Å². The third-order valence-corrected chi connectivity index (χ3v) is 5.88. The highest BCUT2D eigenvalue weighted by molar-refractivity contribution is 7.18. The van der Waals surface area contributed by atoms with Crippen LogP contribution in [0.2, 0.25) is 0 Å². The molecular weight excluding hydrogens is 320 g/mol. The molecule has 0 radical (unpaired) electrons. The molecule has 0 aliphatic heterocycles. The summed E-state index contributed by atoms with van der Waals surface area (Å²) in [5.74, 6) is 1.39. The van der Waals surface area contributed by atoms with Gasteiger partial charge < -0.3 is 9.88 Å². The minimum Gasteiger partial charge on any atom is -0.319 e. The lowest BCUT2D eigenvalue weighted by Gasteiger charge is -2.30. The first-order chi connectivity index (χ1) is 11.8. The van der Waals surface area contributed by atoms with Crippen molar-refractivity contribution in [1.29, 1.82) is 5.26 Å². The molecule has 0 amide bonds. The summed E-state index contributed by atoms with van der Waals surface area (Å²) in [5, 5.41) is 17.2. The van der Waals surface area contributed by atoms with Crippen LogP contribution in [-0.4, -0.2) is 28.1 Å². The van der Waals surface area contributed by atoms with Crippen molar-refractivity contribution in [2.75, 3.05) is 18.9 Å². The number of hydrogen-bond donors (Lipinski definition) is 2. The lowest BCUT2D eigenvalue weighted by atomic mass is 9.86. The van der Waals surface area contributed by atoms with Crippen LogP contribution in [-0.2, 0) is 0 Å². The van der Waals surface area contributed by atoms with Crippen molar-refractivity contribution in [3.05, 3.63) is 17.6 Å². The van der Waals surface area contributed by atoms with Crippen LogP contribution in [0.1, 0.15) is 31.7 Å². The first kappa shape index (κ1) is 15.4. The van der Waals surface area contributed by atoms with Crippen molar-refractivity contribution in [3.8, 4) is 6.19 Å². The predicted octanol–water partition coefficient (Wildman–Crippen LogP) is 3.49. The third-order valence-electron chi connectivity index (χ3n) is 4.97. The molecular formula is C17H20N6S. The largest absolute Gasteiger partial charge is 0.319 e. The van der Waals surface area contributed by atoms with Crippen LogP contribution in [0.5, 0.6) is 0 Å². The number of nitrogens with one attached hydrogen (secondary N) is 2. The normalized spacial score (nSPS) is 21.2. The number of nitriles is 1. The second kappa shape index (κ2) is 6.38. The molecule has 3 heterocycles. The van der Waals surface area contributed by atoms with Gasteiger partial charge in [-0.1, -0.05) is 0 Å². The zero-order valence-electron chi connectivity index (χ0n) is 13.6. The Labute approximate surface area is 144 Å². The van der Waals surface area contributed by atoms with Crippen molar-refractivity contribution >= 4 is 38.5 Å². The minimum atomic E-state index is 0.381. The number of nitrogens with zero attached hydrogens (tertiary/aromatic N) is 4. The first-order valence-electron chi connectivity index (χ1n) is 8.35. The maximum atomic E-state index is 9.12. The average molecular weight is 340 g/mol. The van der Waals surface area contributed by atoms with Gasteiger partial charge in [-0.15, -0.1) is 11.3 Å². The van der Waals surface area contributed by atoms with Crippen molar-refractivity contribution in [1.82, 2.24) is 19.9 Å². The molecule has 3 aromatic rings. The Morgan fingerprint density at radius 3 is 2.92 bits per heavy atom. The summed E-state index contributed by atoms with van der Waals surface area (Å²) >= 11 is 1.69. The van der Waals surface area contributed by atoms with Gasteiger partial charge in [-0.25, -0.2) is 4.98 Å². The molecule has 3 aromatic heterocycles. The van der Waals surface area contributed by atoms with Gasteiger partial charge in [0.1, 0.15) is 5.52 Å². The second-order valence-corrected chi connectivity index (χ2v) is 7.32. The maximum Gasteiger partial charge on any atom is 0.217 e. The zero-order chi connectivity index (χ0) is 16.5. The molecule has 24 heavy (non-hydrogen) atoms. The molecule has 7 heteroatoms. The van der Waals surface area contributed by atoms with Gasteiger partial charge in [0.2, 0.25) is 5.95 Å². The van der Waals surface area contributed by atoms with E-state index >= 15 is 0 Å². The lowest BCUT2D eigenvalue weighted by Crippen LogP contribution is -2.25. The minimum absolute atomic E-state index is 0.381. The summed E-state index contributed by atoms with van der Waals surface area (Å²) in [6.45, 7) is 1.08. The molecule has 124 valence electrons. The number of hydrogen-bond acceptors (Lipinski definition) is 6. The fraction of sp³-hybridized carbons (Fsp3) is 0.471. The number of imidazole rings is 1. The number of aromatic nitrogens is 3. The fourth-order valence-corrected chi connectivity index (χ4v) is 4.76. The Balaban J connectivity index is 1.79. The zero-order valence-corrected chi connectivity index (χ0v) is 14.4. The molecule has 1 aliphatic carbocycles. The van der Waals surface area contributed by atoms with Crippen molar-refractivity contribution in [3.63, 3.8) is 0 Å². The molecule has 4 rings (SSSR count). The summed E-state index contributed by atoms with van der Waals surface area (Å²) in [6.07, 6.45) is 8.50. The average Bonchev–Trinajstić information content (AvgIpc) is 3.20. The summed E-state index contributed by atoms with van der Waals surface area (Å²) in [7, 11) is 2.02. The van der Waals surface area contributed by atoms with E-state index in [0.717, 1.165) is 46.6 Å². The molecule has 0 atom stereocenters. The van der Waals surface area contributed by atoms with Gasteiger partial charge in [0.25, 0.3) is 0 Å². The molecule has 0 saturated heterocycles. The summed E-state index contributed by atoms with van der Waals surface area (Å²) < 4.78 is 3.40. The highest BCUT2D eigenvalue weighted by Gasteiger charge is 2.26. The quantitative estimate of drug-likeness (QED) is 0.561. The highest BCUT2D eigenvalue weighted by atomic mass is 32.1. The number of anilines is 1. The topological polar surface area (TPSA) is 78.6 Å². The van der Waals surface area contributed by atoms with Gasteiger partial charge in [-0.2, -0.15) is 5.26 Å². The highest BCUT2D eigenvalue weighted by Crippen LogP contribution is 2.39. The van der Waals surface area contributed by atoms with Crippen LogP contribution in [0.15, 0.2) is 17.6 Å². The van der Waals surface area contributed by atoms with E-state index < -0.39 is 0 Å². The molecule has 6 nitrogen and oxygen atoms in total. The molecule has 1 aliphatic rings. The van der Waals surface area contributed by atoms with E-state index in [2.05, 4.69) is 30.5 Å². The van der Waals surface area contributed by atoms with Gasteiger partial charge in [0.15, 0.2) is 6.19 Å². The third kappa shape index (κ3) is 2.52. The number of fused-ring (bicyclic) bond motifs is 3. The number of thiophene rings is 1. The van der Waals surface area contributed by atoms with Gasteiger partial charge >= 0.3 is 0 Å². The number of rotatable bonds is 4. The van der Waals surface area contributed by atoms with Gasteiger partial charge in [-0.05, 0) is 56.6 Å². The Kier molecular flexibility index (Phi) is 4.08. The van der Waals surface area contributed by atoms with Gasteiger partial charge in [-0.3, -0.25) is 10.3 Å². The van der Waals surface area contributed by atoms with E-state index in [-0.39, 0.29) is 0 Å². The number of pyridine rings is 1. The fourth-order valence-electron chi connectivity index (χ4n) is 3.87. The standard InChI is InChI=1S/C17H20N6S/c1-19-8-11-2-4-12(5-3-11)23-15-14(22-17(23)21-10-18)9-20-13-6-7-24-16(13)15/h6-7,9,11-12,19H,2-5,8H2,1H3,(H,21,22). The Morgan fingerprint density at radius 1 is 1.33 bits per heavy atom. The second-order valence-electron chi connectivity index (χ2n) is 6.40. The van der Waals surface area contributed by atoms with E-state index in [1.54, 1.807) is 11.3 Å². The summed E-state index contributed by atoms with van der Waals surface area (Å²) in [5.41, 5.74) is 2.98. The van der Waals surface area contributed by atoms with Crippen LogP contribution >= 0.6 is 11.3 Å². The molecule has 0 spiro atoms. The SMILES string of the molecule is CNCC1CCC(n2c(NC#N)nc3cnc4ccsc4c32)CC1. The van der Waals surface area contributed by atoms with Crippen molar-refractivity contribution < 1.29 is 0 Å². The van der Waals surface area contributed by atoms with E-state index in [1.807, 2.05) is 25.5 Å². The van der Waals surface area contributed by atoms with Crippen LogP contribution in [0.3, 0.4) is 0 Å². The predicted molar refractivity (Wildman–Crippen MR) is 97.1 cm³/mol. The lowest BCUT2D eigenvalue weighted by molar-refractivity contribution is 0.277. The van der Waals surface area contributed by atoms with E-state index in [0.29, 0.717) is 12.0 Å². The Morgan fingerprint density at radius 2 is 2.17 bits per heavy atom. The van der Waals surface area contributed by atoms with E-state index in [9.17, 15) is 0 Å². The Bertz CT molecular complexity index is 897. The smallest absolute Gasteiger partial charge is 0.217 e. The molecule has 0 bridgehead atoms. The van der Waals surface area contributed by atoms with Crippen LogP contribution in [0.4, 0.5) is 5.95 Å². The maximum absolute atomic E-state index is 9.12. The molecule has 0 aromatic carbocycles. The molecule has 1 fully saturated rings. The monoisotopic (exact) mass is 340 g/mol. The Hall–Kier alpha value is -2.17. The van der Waals surface area contributed by atoms with Crippen LogP contribution in [0.25, 0.3) is 21.3 Å². The van der Waals surface area contributed by atoms with Crippen molar-refractivity contribution in [2.45, 2.75) is 31.7 Å². The van der Waals surface area contributed by atoms with Gasteiger partial charge in [0.05, 0.1) is 21.9 Å².